The molecule has 0 radical (unpaired) electrons. The monoisotopic (exact) mass is 332 g/mol. The molecule has 0 atom stereocenters. The summed E-state index contributed by atoms with van der Waals surface area (Å²) in [7, 11) is 6.16. The highest BCUT2D eigenvalue weighted by atomic mass is 127. The minimum atomic E-state index is -0.943. The van der Waals surface area contributed by atoms with Crippen molar-refractivity contribution >= 4 is 5.97 Å². The first-order chi connectivity index (χ1) is 6.33. The number of hydrogen-bond donors (Lipinski definition) is 1. The van der Waals surface area contributed by atoms with E-state index in [0.29, 0.717) is 0 Å². The number of carbonyl (C=O) groups is 1. The topological polar surface area (TPSA) is 60.4 Å². The maximum absolute atomic E-state index is 9.65. The molecule has 0 bridgehead atoms. The van der Waals surface area contributed by atoms with E-state index < -0.39 is 5.97 Å². The number of hydrogen-bond acceptors (Lipinski definition) is 3. The molecule has 0 aliphatic rings. The molecule has 0 aromatic rings. The van der Waals surface area contributed by atoms with Crippen LogP contribution < -0.4 is 29.1 Å². The zero-order valence-corrected chi connectivity index (χ0v) is 12.3. The number of rotatable bonds is 5. The fraction of sp³-hybridized carbons (Fsp3) is 0.900. The summed E-state index contributed by atoms with van der Waals surface area (Å²) < 4.78 is 0.844. The van der Waals surface area contributed by atoms with E-state index in [4.69, 9.17) is 5.11 Å². The van der Waals surface area contributed by atoms with Crippen molar-refractivity contribution in [3.05, 3.63) is 0 Å². The third-order valence-electron chi connectivity index (χ3n) is 1.51. The lowest BCUT2D eigenvalue weighted by atomic mass is 10.3. The van der Waals surface area contributed by atoms with E-state index in [2.05, 4.69) is 21.1 Å². The van der Waals surface area contributed by atoms with Crippen LogP contribution in [0.1, 0.15) is 26.2 Å². The summed E-state index contributed by atoms with van der Waals surface area (Å²) >= 11 is 0. The van der Waals surface area contributed by atoms with Gasteiger partial charge in [-0.1, -0.05) is 13.3 Å². The van der Waals surface area contributed by atoms with E-state index >= 15 is 0 Å². The number of halogens is 1. The van der Waals surface area contributed by atoms with Crippen LogP contribution in [-0.4, -0.2) is 49.9 Å². The molecular formula is C10H23INO3-. The lowest BCUT2D eigenvalue weighted by Gasteiger charge is -2.21. The number of aliphatic hydroxyl groups is 1. The Morgan fingerprint density at radius 2 is 1.80 bits per heavy atom. The van der Waals surface area contributed by atoms with Crippen molar-refractivity contribution in [1.82, 2.24) is 0 Å². The molecular weight excluding hydrogens is 309 g/mol. The predicted molar refractivity (Wildman–Crippen MR) is 54.5 cm³/mol. The lowest BCUT2D eigenvalue weighted by Crippen LogP contribution is -3.00. The molecule has 5 heteroatoms. The first-order valence-corrected chi connectivity index (χ1v) is 4.94. The number of carbonyl (C=O) groups excluding carboxylic acids is 1. The Balaban J connectivity index is -0.000000180. The third kappa shape index (κ3) is 31.5. The molecule has 0 saturated carbocycles. The van der Waals surface area contributed by atoms with Gasteiger partial charge in [-0.05, 0) is 12.8 Å². The summed E-state index contributed by atoms with van der Waals surface area (Å²) in [6.07, 6.45) is 1.87. The maximum Gasteiger partial charge on any atom is 0.101 e. The Morgan fingerprint density at radius 3 is 1.87 bits per heavy atom. The minimum absolute atomic E-state index is 0. The second kappa shape index (κ2) is 12.2. The molecule has 1 N–H and O–H groups in total. The van der Waals surface area contributed by atoms with Crippen LogP contribution in [-0.2, 0) is 4.79 Å². The Morgan fingerprint density at radius 1 is 1.33 bits per heavy atom. The van der Waals surface area contributed by atoms with Gasteiger partial charge in [-0.3, -0.25) is 0 Å². The third-order valence-corrected chi connectivity index (χ3v) is 1.51. The van der Waals surface area contributed by atoms with Crippen LogP contribution >= 0.6 is 0 Å². The van der Waals surface area contributed by atoms with Crippen molar-refractivity contribution in [1.29, 1.82) is 0 Å². The van der Waals surface area contributed by atoms with Crippen molar-refractivity contribution in [3.8, 4) is 0 Å². The fourth-order valence-electron chi connectivity index (χ4n) is 0.621. The van der Waals surface area contributed by atoms with E-state index in [-0.39, 0.29) is 37.0 Å². The summed E-state index contributed by atoms with van der Waals surface area (Å²) in [6, 6.07) is 0. The number of aliphatic carboxylic acids is 1. The highest BCUT2D eigenvalue weighted by Gasteiger charge is 2.02. The highest BCUT2D eigenvalue weighted by molar-refractivity contribution is 5.63. The van der Waals surface area contributed by atoms with Crippen LogP contribution in [0.25, 0.3) is 0 Å². The van der Waals surface area contributed by atoms with Crippen LogP contribution in [0.3, 0.4) is 0 Å². The summed E-state index contributed by atoms with van der Waals surface area (Å²) in [4.78, 5) is 9.65. The quantitative estimate of drug-likeness (QED) is 0.422. The first-order valence-electron chi connectivity index (χ1n) is 4.94. The number of likely N-dealkylation sites (N-methyl/N-ethyl adjacent to an activating group) is 1. The molecule has 0 aromatic heterocycles. The molecule has 94 valence electrons. The van der Waals surface area contributed by atoms with Gasteiger partial charge in [0.2, 0.25) is 0 Å². The SMILES string of the molecule is CCCCC(=O)[O-].C[N+](C)(C)CCO.[I-]. The van der Waals surface area contributed by atoms with Crippen molar-refractivity contribution < 1.29 is 43.5 Å². The van der Waals surface area contributed by atoms with Crippen molar-refractivity contribution in [2.45, 2.75) is 26.2 Å². The van der Waals surface area contributed by atoms with E-state index in [1.54, 1.807) is 0 Å². The number of carboxylic acid groups (broad SMARTS) is 1. The highest BCUT2D eigenvalue weighted by Crippen LogP contribution is 1.89. The zero-order valence-electron chi connectivity index (χ0n) is 10.1. The predicted octanol–water partition coefficient (Wildman–Crippen LogP) is -3.38. The smallest absolute Gasteiger partial charge is 0.101 e. The molecule has 0 fully saturated rings. The van der Waals surface area contributed by atoms with Gasteiger partial charge in [0.25, 0.3) is 0 Å². The van der Waals surface area contributed by atoms with E-state index in [9.17, 15) is 9.90 Å². The zero-order chi connectivity index (χ0) is 11.6. The largest absolute Gasteiger partial charge is 1.00 e. The fourth-order valence-corrected chi connectivity index (χ4v) is 0.621. The van der Waals surface area contributed by atoms with Gasteiger partial charge in [0, 0.05) is 5.97 Å². The van der Waals surface area contributed by atoms with Crippen molar-refractivity contribution in [2.24, 2.45) is 0 Å². The molecule has 0 heterocycles. The molecule has 0 aliphatic heterocycles. The standard InChI is InChI=1S/C5H14NO.C5H10O2.HI/c1-6(2,3)4-5-7;1-2-3-4-5(6)7;/h7H,4-5H2,1-3H3;2-4H2,1H3,(H,6,7);1H/q+1;;/p-2. The molecule has 4 nitrogen and oxygen atoms in total. The molecule has 0 saturated heterocycles. The van der Waals surface area contributed by atoms with Gasteiger partial charge >= 0.3 is 0 Å². The van der Waals surface area contributed by atoms with Crippen LogP contribution in [0.5, 0.6) is 0 Å². The van der Waals surface area contributed by atoms with E-state index in [0.717, 1.165) is 23.9 Å². The molecule has 0 unspecified atom stereocenters. The molecule has 0 spiro atoms. The van der Waals surface area contributed by atoms with Gasteiger partial charge in [-0.15, -0.1) is 0 Å². The van der Waals surface area contributed by atoms with Crippen molar-refractivity contribution in [3.63, 3.8) is 0 Å². The number of unbranched alkanes of at least 4 members (excludes halogenated alkanes) is 1. The normalized spacial score (nSPS) is 9.67. The first kappa shape index (κ1) is 20.5. The average Bonchev–Trinajstić information content (AvgIpc) is 1.99. The number of nitrogens with zero attached hydrogens (tertiary/aromatic N) is 1. The van der Waals surface area contributed by atoms with E-state index in [1.165, 1.54) is 0 Å². The lowest BCUT2D eigenvalue weighted by molar-refractivity contribution is -0.870. The maximum atomic E-state index is 9.65. The molecule has 0 aliphatic carbocycles. The average molecular weight is 332 g/mol. The van der Waals surface area contributed by atoms with Crippen LogP contribution in [0.2, 0.25) is 0 Å². The molecule has 15 heavy (non-hydrogen) atoms. The molecule has 0 rings (SSSR count). The minimum Gasteiger partial charge on any atom is -1.00 e. The number of quaternary nitrogens is 1. The molecule has 0 aromatic carbocycles. The van der Waals surface area contributed by atoms with Gasteiger partial charge in [0.05, 0.1) is 27.7 Å². The summed E-state index contributed by atoms with van der Waals surface area (Å²) in [5.41, 5.74) is 0. The summed E-state index contributed by atoms with van der Waals surface area (Å²) in [5.74, 6) is -0.943. The van der Waals surface area contributed by atoms with Gasteiger partial charge in [-0.25, -0.2) is 0 Å². The second-order valence-electron chi connectivity index (χ2n) is 4.21. The summed E-state index contributed by atoms with van der Waals surface area (Å²) in [6.45, 7) is 3.06. The van der Waals surface area contributed by atoms with E-state index in [1.807, 2.05) is 6.92 Å². The number of carboxylic acids is 1. The van der Waals surface area contributed by atoms with Crippen LogP contribution in [0.15, 0.2) is 0 Å². The van der Waals surface area contributed by atoms with Gasteiger partial charge < -0.3 is 43.5 Å². The Hall–Kier alpha value is 0.120. The Kier molecular flexibility index (Phi) is 16.7. The van der Waals surface area contributed by atoms with Gasteiger partial charge in [0.15, 0.2) is 0 Å². The van der Waals surface area contributed by atoms with Gasteiger partial charge in [-0.2, -0.15) is 0 Å². The summed E-state index contributed by atoms with van der Waals surface area (Å²) in [5, 5.41) is 18.0. The number of aliphatic hydroxyl groups excluding tert-OH is 1. The van der Waals surface area contributed by atoms with Crippen molar-refractivity contribution in [2.75, 3.05) is 34.3 Å². The Labute approximate surface area is 110 Å². The van der Waals surface area contributed by atoms with Crippen LogP contribution in [0, 0.1) is 0 Å². The Bertz CT molecular complexity index is 146. The molecule has 0 amide bonds. The second-order valence-corrected chi connectivity index (χ2v) is 4.21. The van der Waals surface area contributed by atoms with Gasteiger partial charge in [0.1, 0.15) is 6.54 Å². The van der Waals surface area contributed by atoms with Crippen LogP contribution in [0.4, 0.5) is 0 Å².